The van der Waals surface area contributed by atoms with Crippen molar-refractivity contribution in [3.8, 4) is 11.4 Å². The summed E-state index contributed by atoms with van der Waals surface area (Å²) in [5.74, 6) is 1.68. The van der Waals surface area contributed by atoms with E-state index in [0.717, 1.165) is 22.7 Å². The van der Waals surface area contributed by atoms with Gasteiger partial charge in [0.25, 0.3) is 0 Å². The molecular weight excluding hydrogens is 420 g/mol. The van der Waals surface area contributed by atoms with Gasteiger partial charge in [-0.3, -0.25) is 9.36 Å². The molecule has 0 fully saturated rings. The van der Waals surface area contributed by atoms with Gasteiger partial charge in [0.15, 0.2) is 11.0 Å². The molecule has 0 aliphatic rings. The summed E-state index contributed by atoms with van der Waals surface area (Å²) in [5.41, 5.74) is 1.95. The van der Waals surface area contributed by atoms with Crippen LogP contribution < -0.4 is 5.32 Å². The summed E-state index contributed by atoms with van der Waals surface area (Å²) in [5, 5.41) is 12.9. The molecule has 2 aromatic carbocycles. The molecule has 30 heavy (non-hydrogen) atoms. The van der Waals surface area contributed by atoms with Crippen molar-refractivity contribution in [1.29, 1.82) is 0 Å². The number of benzene rings is 2. The number of hydrogen-bond acceptors (Lipinski definition) is 5. The van der Waals surface area contributed by atoms with Gasteiger partial charge in [0.1, 0.15) is 5.76 Å². The number of rotatable bonds is 8. The van der Waals surface area contributed by atoms with Crippen molar-refractivity contribution < 1.29 is 9.21 Å². The number of nitrogens with zero attached hydrogens (tertiary/aromatic N) is 3. The van der Waals surface area contributed by atoms with E-state index in [4.69, 9.17) is 16.0 Å². The lowest BCUT2D eigenvalue weighted by atomic mass is 10.2. The smallest absolute Gasteiger partial charge is 0.230 e. The van der Waals surface area contributed by atoms with Crippen molar-refractivity contribution in [3.05, 3.63) is 89.3 Å². The third-order valence-corrected chi connectivity index (χ3v) is 5.60. The van der Waals surface area contributed by atoms with E-state index in [9.17, 15) is 4.79 Å². The number of nitrogens with one attached hydrogen (secondary N) is 1. The van der Waals surface area contributed by atoms with Gasteiger partial charge in [0, 0.05) is 17.1 Å². The molecule has 8 heteroatoms. The van der Waals surface area contributed by atoms with Crippen molar-refractivity contribution in [2.24, 2.45) is 0 Å². The molecule has 2 aromatic heterocycles. The summed E-state index contributed by atoms with van der Waals surface area (Å²) in [6.45, 7) is 0.934. The van der Waals surface area contributed by atoms with Crippen LogP contribution in [0.25, 0.3) is 11.4 Å². The van der Waals surface area contributed by atoms with Gasteiger partial charge in [-0.25, -0.2) is 0 Å². The Bertz CT molecular complexity index is 1100. The third kappa shape index (κ3) is 5.11. The number of aromatic nitrogens is 3. The first-order valence-electron chi connectivity index (χ1n) is 9.34. The molecule has 0 saturated carbocycles. The largest absolute Gasteiger partial charge is 0.467 e. The number of furan rings is 1. The van der Waals surface area contributed by atoms with Gasteiger partial charge in [0.05, 0.1) is 18.6 Å². The van der Waals surface area contributed by atoms with E-state index < -0.39 is 0 Å². The molecule has 1 N–H and O–H groups in total. The summed E-state index contributed by atoms with van der Waals surface area (Å²) in [6, 6.07) is 21.0. The van der Waals surface area contributed by atoms with Crippen LogP contribution in [0.4, 0.5) is 0 Å². The van der Waals surface area contributed by atoms with Crippen LogP contribution in [-0.4, -0.2) is 26.4 Å². The van der Waals surface area contributed by atoms with Crippen LogP contribution in [0.5, 0.6) is 0 Å². The lowest BCUT2D eigenvalue weighted by Gasteiger charge is -2.09. The van der Waals surface area contributed by atoms with E-state index in [1.54, 1.807) is 18.4 Å². The van der Waals surface area contributed by atoms with Crippen molar-refractivity contribution in [1.82, 2.24) is 20.1 Å². The molecule has 152 valence electrons. The van der Waals surface area contributed by atoms with Crippen molar-refractivity contribution in [3.63, 3.8) is 0 Å². The van der Waals surface area contributed by atoms with Gasteiger partial charge >= 0.3 is 0 Å². The first-order chi connectivity index (χ1) is 14.7. The number of carbonyl (C=O) groups excluding carboxylic acids is 1. The summed E-state index contributed by atoms with van der Waals surface area (Å²) in [4.78, 5) is 12.3. The van der Waals surface area contributed by atoms with Crippen LogP contribution in [0, 0.1) is 0 Å². The monoisotopic (exact) mass is 438 g/mol. The Morgan fingerprint density at radius 1 is 1.03 bits per heavy atom. The van der Waals surface area contributed by atoms with E-state index in [1.165, 1.54) is 11.8 Å². The fraction of sp³-hybridized carbons (Fsp3) is 0.136. The van der Waals surface area contributed by atoms with Crippen molar-refractivity contribution in [2.45, 2.75) is 18.2 Å². The van der Waals surface area contributed by atoms with E-state index in [2.05, 4.69) is 15.5 Å². The zero-order valence-corrected chi connectivity index (χ0v) is 17.6. The second-order valence-corrected chi connectivity index (χ2v) is 7.91. The molecule has 0 aliphatic heterocycles. The molecular formula is C22H19ClN4O2S. The molecule has 1 amide bonds. The van der Waals surface area contributed by atoms with Crippen LogP contribution in [0.3, 0.4) is 0 Å². The maximum Gasteiger partial charge on any atom is 0.230 e. The number of carbonyl (C=O) groups is 1. The second-order valence-electron chi connectivity index (χ2n) is 6.53. The molecule has 0 radical (unpaired) electrons. The Morgan fingerprint density at radius 3 is 2.57 bits per heavy atom. The van der Waals surface area contributed by atoms with Crippen molar-refractivity contribution in [2.75, 3.05) is 5.75 Å². The molecule has 4 rings (SSSR count). The van der Waals surface area contributed by atoms with E-state index in [-0.39, 0.29) is 11.7 Å². The highest BCUT2D eigenvalue weighted by Gasteiger charge is 2.17. The minimum Gasteiger partial charge on any atom is -0.467 e. The van der Waals surface area contributed by atoms with Crippen LogP contribution in [0.2, 0.25) is 5.02 Å². The molecule has 6 nitrogen and oxygen atoms in total. The SMILES string of the molecule is O=C(CSc1nnc(-c2ccccc2)n1Cc1ccco1)NCc1ccc(Cl)cc1. The van der Waals surface area contributed by atoms with Crippen LogP contribution >= 0.6 is 23.4 Å². The minimum atomic E-state index is -0.0799. The average Bonchev–Trinajstić information content (AvgIpc) is 3.43. The highest BCUT2D eigenvalue weighted by atomic mass is 35.5. The van der Waals surface area contributed by atoms with E-state index in [0.29, 0.717) is 23.3 Å². The molecule has 0 bridgehead atoms. The first-order valence-corrected chi connectivity index (χ1v) is 10.7. The zero-order valence-electron chi connectivity index (χ0n) is 16.0. The van der Waals surface area contributed by atoms with E-state index >= 15 is 0 Å². The van der Waals surface area contributed by atoms with Crippen molar-refractivity contribution >= 4 is 29.3 Å². The normalized spacial score (nSPS) is 10.8. The first kappa shape index (κ1) is 20.3. The highest BCUT2D eigenvalue weighted by molar-refractivity contribution is 7.99. The Hall–Kier alpha value is -3.03. The second kappa shape index (κ2) is 9.65. The predicted octanol–water partition coefficient (Wildman–Crippen LogP) is 4.65. The lowest BCUT2D eigenvalue weighted by molar-refractivity contribution is -0.118. The molecule has 0 aliphatic carbocycles. The Labute approximate surface area is 183 Å². The predicted molar refractivity (Wildman–Crippen MR) is 117 cm³/mol. The maximum atomic E-state index is 12.3. The highest BCUT2D eigenvalue weighted by Crippen LogP contribution is 2.25. The minimum absolute atomic E-state index is 0.0799. The molecule has 4 aromatic rings. The van der Waals surface area contributed by atoms with Gasteiger partial charge in [-0.2, -0.15) is 0 Å². The molecule has 0 spiro atoms. The maximum absolute atomic E-state index is 12.3. The van der Waals surface area contributed by atoms with Crippen LogP contribution in [0.1, 0.15) is 11.3 Å². The molecule has 2 heterocycles. The summed E-state index contributed by atoms with van der Waals surface area (Å²) >= 11 is 7.24. The number of thioether (sulfide) groups is 1. The average molecular weight is 439 g/mol. The van der Waals surface area contributed by atoms with Crippen LogP contribution in [-0.2, 0) is 17.9 Å². The summed E-state index contributed by atoms with van der Waals surface area (Å²) in [7, 11) is 0. The van der Waals surface area contributed by atoms with Crippen LogP contribution in [0.15, 0.2) is 82.6 Å². The fourth-order valence-corrected chi connectivity index (χ4v) is 3.77. The number of halogens is 1. The van der Waals surface area contributed by atoms with Gasteiger partial charge in [-0.15, -0.1) is 10.2 Å². The third-order valence-electron chi connectivity index (χ3n) is 4.38. The Morgan fingerprint density at radius 2 is 1.83 bits per heavy atom. The quantitative estimate of drug-likeness (QED) is 0.405. The van der Waals surface area contributed by atoms with E-state index in [1.807, 2.05) is 59.2 Å². The summed E-state index contributed by atoms with van der Waals surface area (Å²) < 4.78 is 7.46. The van der Waals surface area contributed by atoms with Gasteiger partial charge in [-0.1, -0.05) is 65.8 Å². The molecule has 0 atom stereocenters. The molecule has 0 unspecified atom stereocenters. The lowest BCUT2D eigenvalue weighted by Crippen LogP contribution is -2.24. The topological polar surface area (TPSA) is 73.0 Å². The summed E-state index contributed by atoms with van der Waals surface area (Å²) in [6.07, 6.45) is 1.64. The van der Waals surface area contributed by atoms with Gasteiger partial charge in [0.2, 0.25) is 5.91 Å². The zero-order chi connectivity index (χ0) is 20.8. The van der Waals surface area contributed by atoms with Gasteiger partial charge < -0.3 is 9.73 Å². The van der Waals surface area contributed by atoms with Gasteiger partial charge in [-0.05, 0) is 29.8 Å². The number of hydrogen-bond donors (Lipinski definition) is 1. The fourth-order valence-electron chi connectivity index (χ4n) is 2.88. The molecule has 0 saturated heterocycles. The Balaban J connectivity index is 1.44. The standard InChI is InChI=1S/C22H19ClN4O2S/c23-18-10-8-16(9-11-18)13-24-20(28)15-30-22-26-25-21(17-5-2-1-3-6-17)27(22)14-19-7-4-12-29-19/h1-12H,13-15H2,(H,24,28). The Kier molecular flexibility index (Phi) is 6.51. The number of amides is 1.